The molecule has 3 N–H and O–H groups in total. The summed E-state index contributed by atoms with van der Waals surface area (Å²) in [6, 6.07) is 6.68. The number of rotatable bonds is 2. The van der Waals surface area contributed by atoms with E-state index in [2.05, 4.69) is 30.3 Å². The molecule has 88 valence electrons. The number of benzene rings is 1. The quantitative estimate of drug-likeness (QED) is 0.748. The molecule has 0 radical (unpaired) electrons. The third-order valence-corrected chi connectivity index (χ3v) is 3.45. The predicted molar refractivity (Wildman–Crippen MR) is 69.7 cm³/mol. The molecule has 3 nitrogen and oxygen atoms in total. The molecular weight excluding hydrogens is 198 g/mol. The monoisotopic (exact) mass is 219 g/mol. The molecule has 0 aliphatic carbocycles. The highest BCUT2D eigenvalue weighted by Gasteiger charge is 2.16. The minimum Gasteiger partial charge on any atom is -0.398 e. The van der Waals surface area contributed by atoms with Crippen LogP contribution in [0.2, 0.25) is 0 Å². The molecule has 1 saturated heterocycles. The van der Waals surface area contributed by atoms with Crippen molar-refractivity contribution in [3.05, 3.63) is 23.8 Å². The lowest BCUT2D eigenvalue weighted by Crippen LogP contribution is -2.36. The number of anilines is 2. The van der Waals surface area contributed by atoms with E-state index in [0.29, 0.717) is 6.04 Å². The van der Waals surface area contributed by atoms with E-state index in [0.717, 1.165) is 5.69 Å². The highest BCUT2D eigenvalue weighted by Crippen LogP contribution is 2.23. The predicted octanol–water partition coefficient (Wildman–Crippen LogP) is 2.08. The van der Waals surface area contributed by atoms with Crippen molar-refractivity contribution in [1.82, 2.24) is 4.90 Å². The van der Waals surface area contributed by atoms with Gasteiger partial charge in [0.25, 0.3) is 0 Å². The molecule has 1 aliphatic heterocycles. The van der Waals surface area contributed by atoms with Gasteiger partial charge in [0.05, 0.1) is 0 Å². The second-order valence-electron chi connectivity index (χ2n) is 4.74. The third kappa shape index (κ3) is 2.47. The van der Waals surface area contributed by atoms with Gasteiger partial charge >= 0.3 is 0 Å². The van der Waals surface area contributed by atoms with Gasteiger partial charge < -0.3 is 16.0 Å². The molecule has 1 aliphatic rings. The van der Waals surface area contributed by atoms with E-state index in [1.165, 1.54) is 37.2 Å². The Morgan fingerprint density at radius 1 is 1.31 bits per heavy atom. The molecule has 1 heterocycles. The topological polar surface area (TPSA) is 41.3 Å². The molecule has 0 unspecified atom stereocenters. The van der Waals surface area contributed by atoms with Gasteiger partial charge in [-0.3, -0.25) is 0 Å². The molecular formula is C13H21N3. The van der Waals surface area contributed by atoms with Gasteiger partial charge in [-0.05, 0) is 57.6 Å². The third-order valence-electron chi connectivity index (χ3n) is 3.45. The Bertz CT molecular complexity index is 354. The lowest BCUT2D eigenvalue weighted by Gasteiger charge is -2.30. The van der Waals surface area contributed by atoms with Crippen molar-refractivity contribution < 1.29 is 0 Å². The average Bonchev–Trinajstić information content (AvgIpc) is 2.28. The van der Waals surface area contributed by atoms with Crippen LogP contribution in [0.1, 0.15) is 18.4 Å². The summed E-state index contributed by atoms with van der Waals surface area (Å²) in [6.07, 6.45) is 2.43. The van der Waals surface area contributed by atoms with Gasteiger partial charge in [-0.25, -0.2) is 0 Å². The lowest BCUT2D eigenvalue weighted by atomic mass is 10.0. The largest absolute Gasteiger partial charge is 0.398 e. The van der Waals surface area contributed by atoms with E-state index in [1.54, 1.807) is 0 Å². The van der Waals surface area contributed by atoms with Crippen molar-refractivity contribution in [2.24, 2.45) is 0 Å². The molecule has 0 spiro atoms. The summed E-state index contributed by atoms with van der Waals surface area (Å²) in [6.45, 7) is 4.44. The van der Waals surface area contributed by atoms with Crippen molar-refractivity contribution in [3.8, 4) is 0 Å². The van der Waals surface area contributed by atoms with Crippen molar-refractivity contribution in [1.29, 1.82) is 0 Å². The van der Waals surface area contributed by atoms with Gasteiger partial charge in [-0.15, -0.1) is 0 Å². The highest BCUT2D eigenvalue weighted by molar-refractivity contribution is 5.63. The summed E-state index contributed by atoms with van der Waals surface area (Å²) < 4.78 is 0. The normalized spacial score (nSPS) is 18.6. The lowest BCUT2D eigenvalue weighted by molar-refractivity contribution is 0.264. The number of nitrogens with one attached hydrogen (secondary N) is 1. The number of nitrogens with two attached hydrogens (primary N) is 1. The second kappa shape index (κ2) is 4.74. The van der Waals surface area contributed by atoms with E-state index in [-0.39, 0.29) is 0 Å². The van der Waals surface area contributed by atoms with Gasteiger partial charge in [-0.2, -0.15) is 0 Å². The van der Waals surface area contributed by atoms with Crippen LogP contribution in [0.15, 0.2) is 18.2 Å². The summed E-state index contributed by atoms with van der Waals surface area (Å²) in [4.78, 5) is 2.38. The maximum absolute atomic E-state index is 5.90. The first kappa shape index (κ1) is 11.3. The van der Waals surface area contributed by atoms with Crippen molar-refractivity contribution in [2.75, 3.05) is 31.2 Å². The van der Waals surface area contributed by atoms with E-state index in [1.807, 2.05) is 12.1 Å². The van der Waals surface area contributed by atoms with Crippen LogP contribution in [0.5, 0.6) is 0 Å². The van der Waals surface area contributed by atoms with E-state index in [9.17, 15) is 0 Å². The highest BCUT2D eigenvalue weighted by atomic mass is 15.1. The van der Waals surface area contributed by atoms with Crippen LogP contribution in [-0.4, -0.2) is 31.1 Å². The van der Waals surface area contributed by atoms with Gasteiger partial charge in [0.15, 0.2) is 0 Å². The van der Waals surface area contributed by atoms with Crippen LogP contribution in [-0.2, 0) is 0 Å². The Balaban J connectivity index is 2.01. The average molecular weight is 219 g/mol. The maximum Gasteiger partial charge on any atom is 0.0392 e. The standard InChI is InChI=1S/C13H21N3/c1-10-12(14)4-3-5-13(10)15-11-6-8-16(2)9-7-11/h3-5,11,15H,6-9,14H2,1-2H3. The minimum atomic E-state index is 0.594. The van der Waals surface area contributed by atoms with E-state index in [4.69, 9.17) is 5.73 Å². The van der Waals surface area contributed by atoms with Crippen LogP contribution >= 0.6 is 0 Å². The molecule has 3 heteroatoms. The van der Waals surface area contributed by atoms with Crippen molar-refractivity contribution in [2.45, 2.75) is 25.8 Å². The number of nitrogens with zero attached hydrogens (tertiary/aromatic N) is 1. The van der Waals surface area contributed by atoms with Crippen molar-refractivity contribution in [3.63, 3.8) is 0 Å². The minimum absolute atomic E-state index is 0.594. The maximum atomic E-state index is 5.90. The number of piperidine rings is 1. The van der Waals surface area contributed by atoms with Gasteiger partial charge in [0.2, 0.25) is 0 Å². The molecule has 0 saturated carbocycles. The van der Waals surface area contributed by atoms with Gasteiger partial charge in [0.1, 0.15) is 0 Å². The Morgan fingerprint density at radius 2 is 2.00 bits per heavy atom. The number of hydrogen-bond acceptors (Lipinski definition) is 3. The first-order valence-electron chi connectivity index (χ1n) is 5.97. The molecule has 0 amide bonds. The zero-order valence-corrected chi connectivity index (χ0v) is 10.2. The fourth-order valence-corrected chi connectivity index (χ4v) is 2.18. The molecule has 0 aromatic heterocycles. The molecule has 1 aromatic rings. The molecule has 0 atom stereocenters. The molecule has 0 bridgehead atoms. The van der Waals surface area contributed by atoms with Crippen LogP contribution in [0.3, 0.4) is 0 Å². The number of nitrogen functional groups attached to an aromatic ring is 1. The molecule has 1 fully saturated rings. The van der Waals surface area contributed by atoms with E-state index < -0.39 is 0 Å². The molecule has 16 heavy (non-hydrogen) atoms. The zero-order chi connectivity index (χ0) is 11.5. The van der Waals surface area contributed by atoms with Crippen LogP contribution < -0.4 is 11.1 Å². The first-order valence-corrected chi connectivity index (χ1v) is 5.97. The number of likely N-dealkylation sites (tertiary alicyclic amines) is 1. The molecule has 2 rings (SSSR count). The smallest absolute Gasteiger partial charge is 0.0392 e. The Hall–Kier alpha value is -1.22. The zero-order valence-electron chi connectivity index (χ0n) is 10.2. The summed E-state index contributed by atoms with van der Waals surface area (Å²) in [7, 11) is 2.18. The van der Waals surface area contributed by atoms with Crippen LogP contribution in [0.4, 0.5) is 11.4 Å². The van der Waals surface area contributed by atoms with Crippen LogP contribution in [0.25, 0.3) is 0 Å². The second-order valence-corrected chi connectivity index (χ2v) is 4.74. The van der Waals surface area contributed by atoms with E-state index >= 15 is 0 Å². The SMILES string of the molecule is Cc1c(N)cccc1NC1CCN(C)CC1. The Labute approximate surface area is 97.6 Å². The first-order chi connectivity index (χ1) is 7.66. The van der Waals surface area contributed by atoms with Gasteiger partial charge in [-0.1, -0.05) is 6.07 Å². The fourth-order valence-electron chi connectivity index (χ4n) is 2.18. The Kier molecular flexibility index (Phi) is 3.34. The van der Waals surface area contributed by atoms with Crippen LogP contribution in [0, 0.1) is 6.92 Å². The fraction of sp³-hybridized carbons (Fsp3) is 0.538. The summed E-state index contributed by atoms with van der Waals surface area (Å²) in [5.74, 6) is 0. The molecule has 1 aromatic carbocycles. The summed E-state index contributed by atoms with van der Waals surface area (Å²) in [5, 5.41) is 3.60. The summed E-state index contributed by atoms with van der Waals surface area (Å²) in [5.41, 5.74) is 9.13. The summed E-state index contributed by atoms with van der Waals surface area (Å²) >= 11 is 0. The van der Waals surface area contributed by atoms with Gasteiger partial charge in [0, 0.05) is 17.4 Å². The Morgan fingerprint density at radius 3 is 2.69 bits per heavy atom. The number of hydrogen-bond donors (Lipinski definition) is 2. The van der Waals surface area contributed by atoms with Crippen molar-refractivity contribution >= 4 is 11.4 Å².